The maximum absolute atomic E-state index is 11.9. The van der Waals surface area contributed by atoms with Gasteiger partial charge in [0, 0.05) is 17.5 Å². The van der Waals surface area contributed by atoms with Gasteiger partial charge in [-0.15, -0.1) is 11.3 Å². The molecule has 0 unspecified atom stereocenters. The highest BCUT2D eigenvalue weighted by molar-refractivity contribution is 7.09. The number of carbonyl (C=O) groups excluding carboxylic acids is 1. The van der Waals surface area contributed by atoms with E-state index in [-0.39, 0.29) is 5.91 Å². The number of carbonyl (C=O) groups is 1. The molecule has 1 aliphatic heterocycles. The number of nitrogens with two attached hydrogens (primary N) is 1. The SMILES string of the molecule is CC1=CC=C(CNC(=O)c2csc(CCN)n2)NN1. The summed E-state index contributed by atoms with van der Waals surface area (Å²) in [6, 6.07) is 0. The molecule has 1 aromatic heterocycles. The van der Waals surface area contributed by atoms with E-state index in [9.17, 15) is 4.79 Å². The molecule has 0 fully saturated rings. The molecule has 102 valence electrons. The van der Waals surface area contributed by atoms with E-state index in [4.69, 9.17) is 5.73 Å². The van der Waals surface area contributed by atoms with E-state index in [1.54, 1.807) is 5.38 Å². The summed E-state index contributed by atoms with van der Waals surface area (Å²) in [5.41, 5.74) is 13.8. The number of aromatic nitrogens is 1. The van der Waals surface area contributed by atoms with E-state index in [0.29, 0.717) is 25.2 Å². The van der Waals surface area contributed by atoms with Crippen molar-refractivity contribution in [2.24, 2.45) is 5.73 Å². The number of nitrogens with zero attached hydrogens (tertiary/aromatic N) is 1. The molecule has 0 bridgehead atoms. The molecule has 6 nitrogen and oxygen atoms in total. The van der Waals surface area contributed by atoms with E-state index < -0.39 is 0 Å². The van der Waals surface area contributed by atoms with E-state index >= 15 is 0 Å². The van der Waals surface area contributed by atoms with E-state index in [2.05, 4.69) is 21.2 Å². The molecule has 0 spiro atoms. The predicted molar refractivity (Wildman–Crippen MR) is 75.3 cm³/mol. The molecule has 2 rings (SSSR count). The van der Waals surface area contributed by atoms with Crippen molar-refractivity contribution >= 4 is 17.2 Å². The molecular weight excluding hydrogens is 262 g/mol. The van der Waals surface area contributed by atoms with Crippen LogP contribution in [0.2, 0.25) is 0 Å². The van der Waals surface area contributed by atoms with Crippen molar-refractivity contribution in [3.63, 3.8) is 0 Å². The normalized spacial score (nSPS) is 14.0. The van der Waals surface area contributed by atoms with Gasteiger partial charge >= 0.3 is 0 Å². The number of allylic oxidation sites excluding steroid dienone is 3. The van der Waals surface area contributed by atoms with Crippen molar-refractivity contribution in [2.45, 2.75) is 13.3 Å². The topological polar surface area (TPSA) is 92.1 Å². The van der Waals surface area contributed by atoms with Crippen molar-refractivity contribution in [1.82, 2.24) is 21.2 Å². The highest BCUT2D eigenvalue weighted by atomic mass is 32.1. The van der Waals surface area contributed by atoms with E-state index in [0.717, 1.165) is 16.4 Å². The largest absolute Gasteiger partial charge is 0.345 e. The zero-order valence-corrected chi connectivity index (χ0v) is 11.5. The quantitative estimate of drug-likeness (QED) is 0.621. The van der Waals surface area contributed by atoms with Gasteiger partial charge in [0.25, 0.3) is 5.91 Å². The number of amides is 1. The summed E-state index contributed by atoms with van der Waals surface area (Å²) < 4.78 is 0. The molecule has 5 N–H and O–H groups in total. The van der Waals surface area contributed by atoms with Gasteiger partial charge in [0.15, 0.2) is 0 Å². The highest BCUT2D eigenvalue weighted by Gasteiger charge is 2.11. The zero-order valence-electron chi connectivity index (χ0n) is 10.7. The van der Waals surface area contributed by atoms with Gasteiger partial charge in [-0.05, 0) is 25.6 Å². The van der Waals surface area contributed by atoms with Crippen molar-refractivity contribution < 1.29 is 4.79 Å². The first kappa shape index (κ1) is 13.6. The average Bonchev–Trinajstić information content (AvgIpc) is 2.87. The number of thiazole rings is 1. The Kier molecular flexibility index (Phi) is 4.53. The molecule has 0 atom stereocenters. The minimum atomic E-state index is -0.173. The van der Waals surface area contributed by atoms with Crippen LogP contribution in [0.5, 0.6) is 0 Å². The summed E-state index contributed by atoms with van der Waals surface area (Å²) in [5, 5.41) is 5.46. The fourth-order valence-electron chi connectivity index (χ4n) is 1.51. The van der Waals surface area contributed by atoms with Crippen LogP contribution in [0.3, 0.4) is 0 Å². The van der Waals surface area contributed by atoms with Gasteiger partial charge in [0.1, 0.15) is 5.69 Å². The Morgan fingerprint density at radius 1 is 1.47 bits per heavy atom. The maximum atomic E-state index is 11.9. The molecule has 0 radical (unpaired) electrons. The summed E-state index contributed by atoms with van der Waals surface area (Å²) in [7, 11) is 0. The summed E-state index contributed by atoms with van der Waals surface area (Å²) in [6.45, 7) is 2.93. The fraction of sp³-hybridized carbons (Fsp3) is 0.333. The molecule has 0 aliphatic carbocycles. The van der Waals surface area contributed by atoms with Crippen LogP contribution in [0.1, 0.15) is 22.4 Å². The molecule has 1 aliphatic rings. The van der Waals surface area contributed by atoms with Gasteiger partial charge in [0.05, 0.1) is 17.2 Å². The molecular formula is C12H17N5OS. The average molecular weight is 279 g/mol. The number of nitrogens with one attached hydrogen (secondary N) is 3. The fourth-order valence-corrected chi connectivity index (χ4v) is 2.30. The second kappa shape index (κ2) is 6.35. The zero-order chi connectivity index (χ0) is 13.7. The van der Waals surface area contributed by atoms with Gasteiger partial charge in [-0.3, -0.25) is 4.79 Å². The Morgan fingerprint density at radius 3 is 3.00 bits per heavy atom. The Bertz CT molecular complexity index is 520. The monoisotopic (exact) mass is 279 g/mol. The Morgan fingerprint density at radius 2 is 2.32 bits per heavy atom. The number of hydrazine groups is 1. The van der Waals surface area contributed by atoms with Gasteiger partial charge in [-0.2, -0.15) is 0 Å². The lowest BCUT2D eigenvalue weighted by Gasteiger charge is -2.17. The van der Waals surface area contributed by atoms with Gasteiger partial charge in [0.2, 0.25) is 0 Å². The second-order valence-corrected chi connectivity index (χ2v) is 5.08. The third-order valence-electron chi connectivity index (χ3n) is 2.54. The summed E-state index contributed by atoms with van der Waals surface area (Å²) in [5.74, 6) is -0.173. The van der Waals surface area contributed by atoms with Crippen molar-refractivity contribution in [2.75, 3.05) is 13.1 Å². The van der Waals surface area contributed by atoms with Gasteiger partial charge < -0.3 is 21.9 Å². The molecule has 19 heavy (non-hydrogen) atoms. The van der Waals surface area contributed by atoms with Crippen LogP contribution in [0.4, 0.5) is 0 Å². The van der Waals surface area contributed by atoms with Gasteiger partial charge in [-0.25, -0.2) is 4.98 Å². The van der Waals surface area contributed by atoms with Crippen LogP contribution in [0, 0.1) is 0 Å². The van der Waals surface area contributed by atoms with Crippen LogP contribution in [-0.4, -0.2) is 24.0 Å². The molecule has 1 aromatic rings. The Labute approximate surface area is 115 Å². The molecule has 1 amide bonds. The predicted octanol–water partition coefficient (Wildman–Crippen LogP) is 0.270. The van der Waals surface area contributed by atoms with Crippen LogP contribution in [-0.2, 0) is 6.42 Å². The van der Waals surface area contributed by atoms with Crippen molar-refractivity contribution in [1.29, 1.82) is 0 Å². The minimum Gasteiger partial charge on any atom is -0.345 e. The first-order valence-corrected chi connectivity index (χ1v) is 6.89. The Hall–Kier alpha value is -1.86. The minimum absolute atomic E-state index is 0.173. The number of rotatable bonds is 5. The smallest absolute Gasteiger partial charge is 0.271 e. The first-order chi connectivity index (χ1) is 9.19. The molecule has 2 heterocycles. The summed E-state index contributed by atoms with van der Waals surface area (Å²) in [4.78, 5) is 16.1. The maximum Gasteiger partial charge on any atom is 0.271 e. The highest BCUT2D eigenvalue weighted by Crippen LogP contribution is 2.10. The van der Waals surface area contributed by atoms with Crippen LogP contribution < -0.4 is 21.9 Å². The van der Waals surface area contributed by atoms with Crippen LogP contribution in [0.15, 0.2) is 28.9 Å². The van der Waals surface area contributed by atoms with Crippen LogP contribution >= 0.6 is 11.3 Å². The number of hydrogen-bond donors (Lipinski definition) is 4. The second-order valence-electron chi connectivity index (χ2n) is 4.14. The number of hydrogen-bond acceptors (Lipinski definition) is 6. The van der Waals surface area contributed by atoms with Crippen LogP contribution in [0.25, 0.3) is 0 Å². The molecule has 0 aromatic carbocycles. The summed E-state index contributed by atoms with van der Waals surface area (Å²) in [6.07, 6.45) is 4.58. The Balaban J connectivity index is 1.87. The lowest BCUT2D eigenvalue weighted by molar-refractivity contribution is 0.0952. The lowest BCUT2D eigenvalue weighted by Crippen LogP contribution is -2.37. The molecule has 7 heteroatoms. The third-order valence-corrected chi connectivity index (χ3v) is 3.45. The van der Waals surface area contributed by atoms with E-state index in [1.165, 1.54) is 11.3 Å². The summed E-state index contributed by atoms with van der Waals surface area (Å²) >= 11 is 1.46. The van der Waals surface area contributed by atoms with E-state index in [1.807, 2.05) is 19.1 Å². The van der Waals surface area contributed by atoms with Crippen molar-refractivity contribution in [3.05, 3.63) is 39.6 Å². The molecule has 0 saturated heterocycles. The lowest BCUT2D eigenvalue weighted by atomic mass is 10.3. The molecule has 0 saturated carbocycles. The first-order valence-electron chi connectivity index (χ1n) is 6.01. The standard InChI is InChI=1S/C12H17N5OS/c1-8-2-3-9(17-16-8)6-14-12(18)10-7-19-11(15-10)4-5-13/h2-3,7,16-17H,4-6,13H2,1H3,(H,14,18). The third kappa shape index (κ3) is 3.80. The van der Waals surface area contributed by atoms with Gasteiger partial charge in [-0.1, -0.05) is 0 Å². The van der Waals surface area contributed by atoms with Crippen molar-refractivity contribution in [3.8, 4) is 0 Å².